The van der Waals surface area contributed by atoms with Gasteiger partial charge in [-0.2, -0.15) is 0 Å². The Morgan fingerprint density at radius 2 is 1.05 bits per heavy atom. The summed E-state index contributed by atoms with van der Waals surface area (Å²) >= 11 is 0. The van der Waals surface area contributed by atoms with E-state index in [4.69, 9.17) is 4.74 Å². The van der Waals surface area contributed by atoms with E-state index >= 15 is 0 Å². The van der Waals surface area contributed by atoms with Gasteiger partial charge in [0.15, 0.2) is 0 Å². The molecule has 0 radical (unpaired) electrons. The summed E-state index contributed by atoms with van der Waals surface area (Å²) in [6.45, 7) is 3.87. The molecule has 2 nitrogen and oxygen atoms in total. The lowest BCUT2D eigenvalue weighted by Gasteiger charge is -2.03. The number of rotatable bonds is 17. The van der Waals surface area contributed by atoms with Crippen molar-refractivity contribution in [3.05, 3.63) is 0 Å². The first-order valence-corrected chi connectivity index (χ1v) is 8.93. The standard InChI is InChI=1S/C18H36O2/c1-2-20-18-16-14-12-10-8-6-4-3-5-7-9-11-13-15-17-19/h17H,2-16,18H2,1H3. The molecule has 0 bridgehead atoms. The van der Waals surface area contributed by atoms with Gasteiger partial charge in [0.05, 0.1) is 0 Å². The summed E-state index contributed by atoms with van der Waals surface area (Å²) in [6.07, 6.45) is 19.2. The van der Waals surface area contributed by atoms with E-state index in [-0.39, 0.29) is 0 Å². The summed E-state index contributed by atoms with van der Waals surface area (Å²) < 4.78 is 5.33. The molecule has 0 heterocycles. The van der Waals surface area contributed by atoms with Gasteiger partial charge in [0.25, 0.3) is 0 Å². The highest BCUT2D eigenvalue weighted by molar-refractivity contribution is 5.48. The molecule has 0 saturated carbocycles. The summed E-state index contributed by atoms with van der Waals surface area (Å²) in [5, 5.41) is 0. The normalized spacial score (nSPS) is 10.8. The third-order valence-corrected chi connectivity index (χ3v) is 3.81. The molecule has 0 fully saturated rings. The fourth-order valence-electron chi connectivity index (χ4n) is 2.52. The molecule has 0 aliphatic carbocycles. The average Bonchev–Trinajstić information content (AvgIpc) is 2.47. The fraction of sp³-hybridized carbons (Fsp3) is 0.944. The van der Waals surface area contributed by atoms with Gasteiger partial charge >= 0.3 is 0 Å². The van der Waals surface area contributed by atoms with Gasteiger partial charge in [-0.25, -0.2) is 0 Å². The number of unbranched alkanes of at least 4 members (excludes halogenated alkanes) is 13. The van der Waals surface area contributed by atoms with Crippen molar-refractivity contribution in [2.45, 2.75) is 96.8 Å². The summed E-state index contributed by atoms with van der Waals surface area (Å²) in [5.41, 5.74) is 0. The molecule has 120 valence electrons. The molecule has 0 aromatic heterocycles. The Balaban J connectivity index is 2.90. The van der Waals surface area contributed by atoms with E-state index in [1.807, 2.05) is 0 Å². The minimum Gasteiger partial charge on any atom is -0.382 e. The second-order valence-electron chi connectivity index (χ2n) is 5.75. The van der Waals surface area contributed by atoms with Crippen LogP contribution in [-0.4, -0.2) is 19.5 Å². The minimum atomic E-state index is 0.755. The van der Waals surface area contributed by atoms with Gasteiger partial charge in [-0.05, 0) is 19.8 Å². The monoisotopic (exact) mass is 284 g/mol. The van der Waals surface area contributed by atoms with Crippen LogP contribution in [-0.2, 0) is 9.53 Å². The van der Waals surface area contributed by atoms with Crippen molar-refractivity contribution in [1.82, 2.24) is 0 Å². The molecule has 0 aliphatic heterocycles. The molecule has 0 saturated heterocycles. The topological polar surface area (TPSA) is 26.3 Å². The number of ether oxygens (including phenoxy) is 1. The van der Waals surface area contributed by atoms with Crippen LogP contribution in [0.4, 0.5) is 0 Å². The van der Waals surface area contributed by atoms with E-state index < -0.39 is 0 Å². The first kappa shape index (κ1) is 19.6. The van der Waals surface area contributed by atoms with E-state index in [9.17, 15) is 4.79 Å². The van der Waals surface area contributed by atoms with Crippen LogP contribution in [0.15, 0.2) is 0 Å². The van der Waals surface area contributed by atoms with Crippen molar-refractivity contribution in [1.29, 1.82) is 0 Å². The highest BCUT2D eigenvalue weighted by Crippen LogP contribution is 2.12. The highest BCUT2D eigenvalue weighted by Gasteiger charge is 1.94. The number of aldehydes is 1. The van der Waals surface area contributed by atoms with E-state index in [2.05, 4.69) is 6.92 Å². The summed E-state index contributed by atoms with van der Waals surface area (Å²) in [5.74, 6) is 0. The molecule has 0 aliphatic rings. The van der Waals surface area contributed by atoms with E-state index in [0.717, 1.165) is 32.3 Å². The van der Waals surface area contributed by atoms with Crippen molar-refractivity contribution in [3.8, 4) is 0 Å². The van der Waals surface area contributed by atoms with Crippen LogP contribution in [0.1, 0.15) is 96.8 Å². The Labute approximate surface area is 126 Å². The molecule has 0 unspecified atom stereocenters. The van der Waals surface area contributed by atoms with Gasteiger partial charge in [-0.1, -0.05) is 70.6 Å². The van der Waals surface area contributed by atoms with Crippen LogP contribution >= 0.6 is 0 Å². The molecule has 0 rings (SSSR count). The van der Waals surface area contributed by atoms with Crippen LogP contribution in [0, 0.1) is 0 Å². The van der Waals surface area contributed by atoms with Crippen LogP contribution in [0.5, 0.6) is 0 Å². The molecule has 0 aromatic carbocycles. The maximum atomic E-state index is 10.1. The molecule has 0 spiro atoms. The Morgan fingerprint density at radius 3 is 1.45 bits per heavy atom. The molecule has 0 aromatic rings. The van der Waals surface area contributed by atoms with Crippen LogP contribution in [0.3, 0.4) is 0 Å². The van der Waals surface area contributed by atoms with Crippen molar-refractivity contribution in [2.24, 2.45) is 0 Å². The Kier molecular flexibility index (Phi) is 18.3. The lowest BCUT2D eigenvalue weighted by Crippen LogP contribution is -1.92. The van der Waals surface area contributed by atoms with Crippen LogP contribution in [0.25, 0.3) is 0 Å². The summed E-state index contributed by atoms with van der Waals surface area (Å²) in [7, 11) is 0. The molecular weight excluding hydrogens is 248 g/mol. The van der Waals surface area contributed by atoms with Gasteiger partial charge in [-0.15, -0.1) is 0 Å². The Hall–Kier alpha value is -0.370. The zero-order valence-electron chi connectivity index (χ0n) is 13.7. The van der Waals surface area contributed by atoms with E-state index in [1.165, 1.54) is 77.0 Å². The van der Waals surface area contributed by atoms with Gasteiger partial charge in [0, 0.05) is 19.6 Å². The van der Waals surface area contributed by atoms with Gasteiger partial charge in [0.1, 0.15) is 6.29 Å². The predicted octanol–water partition coefficient (Wildman–Crippen LogP) is 5.68. The van der Waals surface area contributed by atoms with Crippen molar-refractivity contribution >= 4 is 6.29 Å². The molecule has 20 heavy (non-hydrogen) atoms. The third kappa shape index (κ3) is 17.6. The van der Waals surface area contributed by atoms with E-state index in [1.54, 1.807) is 0 Å². The Bertz CT molecular complexity index is 180. The smallest absolute Gasteiger partial charge is 0.119 e. The van der Waals surface area contributed by atoms with Gasteiger partial charge in [0.2, 0.25) is 0 Å². The molecular formula is C18H36O2. The highest BCUT2D eigenvalue weighted by atomic mass is 16.5. The second-order valence-corrected chi connectivity index (χ2v) is 5.75. The average molecular weight is 284 g/mol. The SMILES string of the molecule is CCOCCCCCCCCCCCCCCCC=O. The number of carbonyl (C=O) groups is 1. The van der Waals surface area contributed by atoms with E-state index in [0.29, 0.717) is 0 Å². The van der Waals surface area contributed by atoms with Crippen LogP contribution in [0.2, 0.25) is 0 Å². The minimum absolute atomic E-state index is 0.755. The second kappa shape index (κ2) is 18.6. The number of hydrogen-bond acceptors (Lipinski definition) is 2. The fourth-order valence-corrected chi connectivity index (χ4v) is 2.52. The lowest BCUT2D eigenvalue weighted by molar-refractivity contribution is -0.107. The first-order chi connectivity index (χ1) is 9.91. The lowest BCUT2D eigenvalue weighted by atomic mass is 10.0. The van der Waals surface area contributed by atoms with Crippen molar-refractivity contribution in [2.75, 3.05) is 13.2 Å². The van der Waals surface area contributed by atoms with Gasteiger partial charge < -0.3 is 9.53 Å². The van der Waals surface area contributed by atoms with Gasteiger partial charge in [-0.3, -0.25) is 0 Å². The zero-order valence-corrected chi connectivity index (χ0v) is 13.7. The van der Waals surface area contributed by atoms with Crippen molar-refractivity contribution < 1.29 is 9.53 Å². The largest absolute Gasteiger partial charge is 0.382 e. The molecule has 0 amide bonds. The quantitative estimate of drug-likeness (QED) is 0.253. The predicted molar refractivity (Wildman–Crippen MR) is 87.2 cm³/mol. The maximum Gasteiger partial charge on any atom is 0.119 e. The maximum absolute atomic E-state index is 10.1. The number of hydrogen-bond donors (Lipinski definition) is 0. The molecule has 0 N–H and O–H groups in total. The summed E-state index contributed by atoms with van der Waals surface area (Å²) in [6, 6.07) is 0. The zero-order chi connectivity index (χ0) is 14.7. The summed E-state index contributed by atoms with van der Waals surface area (Å²) in [4.78, 5) is 10.1. The number of carbonyl (C=O) groups excluding carboxylic acids is 1. The van der Waals surface area contributed by atoms with Crippen LogP contribution < -0.4 is 0 Å². The molecule has 0 atom stereocenters. The molecule has 2 heteroatoms. The Morgan fingerprint density at radius 1 is 0.650 bits per heavy atom. The third-order valence-electron chi connectivity index (χ3n) is 3.81. The van der Waals surface area contributed by atoms with Crippen molar-refractivity contribution in [3.63, 3.8) is 0 Å². The first-order valence-electron chi connectivity index (χ1n) is 8.93.